The maximum absolute atomic E-state index is 2.35. The third-order valence-electron chi connectivity index (χ3n) is 8.89. The molecule has 0 radical (unpaired) electrons. The van der Waals surface area contributed by atoms with Crippen LogP contribution < -0.4 is 4.90 Å². The highest BCUT2D eigenvalue weighted by molar-refractivity contribution is 6.01. The van der Waals surface area contributed by atoms with Gasteiger partial charge in [-0.1, -0.05) is 158 Å². The number of rotatable bonds is 7. The van der Waals surface area contributed by atoms with Crippen LogP contribution >= 0.6 is 0 Å². The SMILES string of the molecule is c1ccc(-c2ccc(N(c3ccccc3)c3ccc(-c4ccc(-c5cccc6ccccc56)c(-c5ccccc5)c4)cc3)cc2)cc1. The summed E-state index contributed by atoms with van der Waals surface area (Å²) < 4.78 is 0. The largest absolute Gasteiger partial charge is 0.311 e. The van der Waals surface area contributed by atoms with E-state index in [2.05, 4.69) is 205 Å². The molecule has 0 heterocycles. The lowest BCUT2D eigenvalue weighted by atomic mass is 9.89. The maximum atomic E-state index is 2.35. The fourth-order valence-corrected chi connectivity index (χ4v) is 6.54. The van der Waals surface area contributed by atoms with Gasteiger partial charge in [-0.05, 0) is 97.7 Å². The molecule has 0 atom stereocenters. The lowest BCUT2D eigenvalue weighted by molar-refractivity contribution is 1.28. The first-order valence-corrected chi connectivity index (χ1v) is 16.1. The number of anilines is 3. The predicted octanol–water partition coefficient (Wildman–Crippen LogP) is 13.0. The summed E-state index contributed by atoms with van der Waals surface area (Å²) in [6, 6.07) is 71.7. The molecule has 0 aliphatic heterocycles. The van der Waals surface area contributed by atoms with E-state index in [1.54, 1.807) is 0 Å². The molecule has 8 aromatic carbocycles. The summed E-state index contributed by atoms with van der Waals surface area (Å²) in [6.45, 7) is 0. The van der Waals surface area contributed by atoms with Crippen LogP contribution in [-0.2, 0) is 0 Å². The van der Waals surface area contributed by atoms with Crippen LogP contribution in [0.2, 0.25) is 0 Å². The molecule has 0 aliphatic rings. The van der Waals surface area contributed by atoms with E-state index in [4.69, 9.17) is 0 Å². The molecule has 0 bridgehead atoms. The molecule has 47 heavy (non-hydrogen) atoms. The van der Waals surface area contributed by atoms with Crippen LogP contribution in [0.5, 0.6) is 0 Å². The van der Waals surface area contributed by atoms with Crippen molar-refractivity contribution in [3.05, 3.63) is 200 Å². The summed E-state index contributed by atoms with van der Waals surface area (Å²) in [5, 5.41) is 2.52. The maximum Gasteiger partial charge on any atom is 0.0462 e. The number of hydrogen-bond acceptors (Lipinski definition) is 1. The predicted molar refractivity (Wildman–Crippen MR) is 200 cm³/mol. The Morgan fingerprint density at radius 3 is 1.38 bits per heavy atom. The van der Waals surface area contributed by atoms with Crippen LogP contribution in [0.15, 0.2) is 200 Å². The van der Waals surface area contributed by atoms with E-state index < -0.39 is 0 Å². The smallest absolute Gasteiger partial charge is 0.0462 e. The third-order valence-corrected chi connectivity index (χ3v) is 8.89. The van der Waals surface area contributed by atoms with Gasteiger partial charge in [0.2, 0.25) is 0 Å². The van der Waals surface area contributed by atoms with E-state index in [0.717, 1.165) is 17.1 Å². The molecule has 222 valence electrons. The Morgan fingerprint density at radius 1 is 0.255 bits per heavy atom. The molecule has 8 aromatic rings. The van der Waals surface area contributed by atoms with Crippen molar-refractivity contribution < 1.29 is 0 Å². The number of fused-ring (bicyclic) bond motifs is 1. The first kappa shape index (κ1) is 28.3. The van der Waals surface area contributed by atoms with Gasteiger partial charge in [-0.15, -0.1) is 0 Å². The minimum Gasteiger partial charge on any atom is -0.311 e. The zero-order chi connectivity index (χ0) is 31.4. The lowest BCUT2D eigenvalue weighted by Crippen LogP contribution is -2.09. The van der Waals surface area contributed by atoms with E-state index >= 15 is 0 Å². The van der Waals surface area contributed by atoms with Crippen molar-refractivity contribution in [2.75, 3.05) is 4.90 Å². The van der Waals surface area contributed by atoms with Crippen LogP contribution in [0.3, 0.4) is 0 Å². The molecule has 0 N–H and O–H groups in total. The van der Waals surface area contributed by atoms with Gasteiger partial charge >= 0.3 is 0 Å². The molecule has 1 nitrogen and oxygen atoms in total. The highest BCUT2D eigenvalue weighted by Crippen LogP contribution is 2.40. The van der Waals surface area contributed by atoms with Crippen LogP contribution in [0.25, 0.3) is 55.3 Å². The van der Waals surface area contributed by atoms with E-state index in [0.29, 0.717) is 0 Å². The molecule has 0 aromatic heterocycles. The summed E-state index contributed by atoms with van der Waals surface area (Å²) in [5.41, 5.74) is 13.1. The zero-order valence-electron chi connectivity index (χ0n) is 26.0. The van der Waals surface area contributed by atoms with Gasteiger partial charge in [-0.2, -0.15) is 0 Å². The molecule has 0 amide bonds. The summed E-state index contributed by atoms with van der Waals surface area (Å²) >= 11 is 0. The van der Waals surface area contributed by atoms with E-state index in [1.165, 1.54) is 55.3 Å². The number of hydrogen-bond donors (Lipinski definition) is 0. The Hall–Kier alpha value is -6.18. The Bertz CT molecular complexity index is 2250. The van der Waals surface area contributed by atoms with Crippen LogP contribution in [0.1, 0.15) is 0 Å². The van der Waals surface area contributed by atoms with Crippen molar-refractivity contribution in [1.29, 1.82) is 0 Å². The second-order valence-electron chi connectivity index (χ2n) is 11.8. The summed E-state index contributed by atoms with van der Waals surface area (Å²) in [4.78, 5) is 2.32. The molecule has 0 aliphatic carbocycles. The number of benzene rings is 8. The van der Waals surface area contributed by atoms with Gasteiger partial charge in [-0.25, -0.2) is 0 Å². The first-order valence-electron chi connectivity index (χ1n) is 16.1. The summed E-state index contributed by atoms with van der Waals surface area (Å²) in [5.74, 6) is 0. The summed E-state index contributed by atoms with van der Waals surface area (Å²) in [6.07, 6.45) is 0. The zero-order valence-corrected chi connectivity index (χ0v) is 26.0. The van der Waals surface area contributed by atoms with Gasteiger partial charge in [0.05, 0.1) is 0 Å². The average Bonchev–Trinajstić information content (AvgIpc) is 3.16. The van der Waals surface area contributed by atoms with Crippen LogP contribution in [0, 0.1) is 0 Å². The highest BCUT2D eigenvalue weighted by atomic mass is 15.1. The van der Waals surface area contributed by atoms with Crippen molar-refractivity contribution in [2.45, 2.75) is 0 Å². The first-order chi connectivity index (χ1) is 23.3. The molecule has 0 saturated heterocycles. The van der Waals surface area contributed by atoms with Gasteiger partial charge in [0.25, 0.3) is 0 Å². The molecule has 0 unspecified atom stereocenters. The molecular formula is C46H33N. The quantitative estimate of drug-likeness (QED) is 0.176. The number of nitrogens with zero attached hydrogens (tertiary/aromatic N) is 1. The molecular weight excluding hydrogens is 567 g/mol. The minimum absolute atomic E-state index is 1.11. The molecule has 1 heteroatoms. The fourth-order valence-electron chi connectivity index (χ4n) is 6.54. The Morgan fingerprint density at radius 2 is 0.723 bits per heavy atom. The van der Waals surface area contributed by atoms with Crippen molar-refractivity contribution in [3.8, 4) is 44.5 Å². The van der Waals surface area contributed by atoms with E-state index in [9.17, 15) is 0 Å². The Balaban J connectivity index is 1.18. The normalized spacial score (nSPS) is 11.0. The van der Waals surface area contributed by atoms with Crippen molar-refractivity contribution in [1.82, 2.24) is 0 Å². The van der Waals surface area contributed by atoms with Gasteiger partial charge in [0, 0.05) is 17.1 Å². The lowest BCUT2D eigenvalue weighted by Gasteiger charge is -2.26. The monoisotopic (exact) mass is 599 g/mol. The van der Waals surface area contributed by atoms with Gasteiger partial charge in [0.15, 0.2) is 0 Å². The van der Waals surface area contributed by atoms with E-state index in [1.807, 2.05) is 0 Å². The van der Waals surface area contributed by atoms with Crippen LogP contribution in [0.4, 0.5) is 17.1 Å². The van der Waals surface area contributed by atoms with E-state index in [-0.39, 0.29) is 0 Å². The number of para-hydroxylation sites is 1. The Kier molecular flexibility index (Phi) is 7.63. The van der Waals surface area contributed by atoms with Gasteiger partial charge in [-0.3, -0.25) is 0 Å². The van der Waals surface area contributed by atoms with Crippen molar-refractivity contribution >= 4 is 27.8 Å². The molecule has 0 fully saturated rings. The second-order valence-corrected chi connectivity index (χ2v) is 11.8. The highest BCUT2D eigenvalue weighted by Gasteiger charge is 2.15. The van der Waals surface area contributed by atoms with Gasteiger partial charge in [0.1, 0.15) is 0 Å². The molecule has 0 spiro atoms. The molecule has 8 rings (SSSR count). The molecule has 0 saturated carbocycles. The summed E-state index contributed by atoms with van der Waals surface area (Å²) in [7, 11) is 0. The fraction of sp³-hybridized carbons (Fsp3) is 0. The van der Waals surface area contributed by atoms with Crippen molar-refractivity contribution in [3.63, 3.8) is 0 Å². The van der Waals surface area contributed by atoms with Gasteiger partial charge < -0.3 is 4.90 Å². The third kappa shape index (κ3) is 5.72. The second kappa shape index (κ2) is 12.7. The minimum atomic E-state index is 1.11. The van der Waals surface area contributed by atoms with Crippen LogP contribution in [-0.4, -0.2) is 0 Å². The van der Waals surface area contributed by atoms with Crippen molar-refractivity contribution in [2.24, 2.45) is 0 Å². The Labute approximate surface area is 276 Å². The average molecular weight is 600 g/mol. The topological polar surface area (TPSA) is 3.24 Å². The standard InChI is InChI=1S/C46H33N/c1-4-13-34(14-5-1)35-23-28-41(29-24-35)47(40-19-8-3-9-20-40)42-30-25-36(26-31-42)39-27-32-45(46(33-39)38-15-6-2-7-16-38)44-22-12-18-37-17-10-11-21-43(37)44/h1-33H.